The lowest BCUT2D eigenvalue weighted by Crippen LogP contribution is -2.32. The molecule has 0 fully saturated rings. The summed E-state index contributed by atoms with van der Waals surface area (Å²) in [6.45, 7) is 2.39. The molecule has 0 aliphatic heterocycles. The zero-order valence-electron chi connectivity index (χ0n) is 7.99. The van der Waals surface area contributed by atoms with Crippen molar-refractivity contribution in [2.24, 2.45) is 5.92 Å². The Morgan fingerprint density at radius 1 is 1.54 bits per heavy atom. The van der Waals surface area contributed by atoms with Gasteiger partial charge in [-0.25, -0.2) is 13.1 Å². The third kappa shape index (κ3) is 6.94. The molecule has 0 rings (SSSR count). The molecule has 80 valence electrons. The van der Waals surface area contributed by atoms with Gasteiger partial charge >= 0.3 is 0 Å². The predicted octanol–water partition coefficient (Wildman–Crippen LogP) is -0.819. The van der Waals surface area contributed by atoms with E-state index in [2.05, 4.69) is 4.72 Å². The Morgan fingerprint density at radius 2 is 2.15 bits per heavy atom. The second-order valence-electron chi connectivity index (χ2n) is 2.95. The van der Waals surface area contributed by atoms with Crippen molar-refractivity contribution in [2.75, 3.05) is 32.6 Å². The van der Waals surface area contributed by atoms with Gasteiger partial charge in [0.2, 0.25) is 10.0 Å². The average molecular weight is 211 g/mol. The van der Waals surface area contributed by atoms with E-state index in [0.717, 1.165) is 0 Å². The summed E-state index contributed by atoms with van der Waals surface area (Å²) in [7, 11) is -1.73. The number of ether oxygens (including phenoxy) is 1. The fourth-order valence-corrected chi connectivity index (χ4v) is 1.73. The highest BCUT2D eigenvalue weighted by Gasteiger charge is 2.10. The van der Waals surface area contributed by atoms with Crippen LogP contribution >= 0.6 is 0 Å². The summed E-state index contributed by atoms with van der Waals surface area (Å²) >= 11 is 0. The number of aliphatic hydroxyl groups is 1. The zero-order valence-corrected chi connectivity index (χ0v) is 8.80. The van der Waals surface area contributed by atoms with Crippen LogP contribution in [0.3, 0.4) is 0 Å². The first-order chi connectivity index (χ1) is 6.02. The molecule has 0 aliphatic rings. The lowest BCUT2D eigenvalue weighted by Gasteiger charge is -2.10. The lowest BCUT2D eigenvalue weighted by atomic mass is 10.2. The molecule has 5 nitrogen and oxygen atoms in total. The van der Waals surface area contributed by atoms with Crippen LogP contribution in [-0.2, 0) is 14.8 Å². The molecule has 6 heteroatoms. The number of hydrogen-bond acceptors (Lipinski definition) is 4. The van der Waals surface area contributed by atoms with Crippen LogP contribution in [0.15, 0.2) is 0 Å². The Hall–Kier alpha value is -0.170. The van der Waals surface area contributed by atoms with Crippen LogP contribution < -0.4 is 4.72 Å². The van der Waals surface area contributed by atoms with Crippen molar-refractivity contribution in [2.45, 2.75) is 6.92 Å². The van der Waals surface area contributed by atoms with E-state index in [1.807, 2.05) is 6.92 Å². The molecule has 0 aliphatic carbocycles. The molecule has 0 aromatic rings. The second kappa shape index (κ2) is 6.31. The van der Waals surface area contributed by atoms with Crippen molar-refractivity contribution in [3.63, 3.8) is 0 Å². The zero-order chi connectivity index (χ0) is 10.3. The maximum Gasteiger partial charge on any atom is 0.213 e. The molecule has 0 amide bonds. The van der Waals surface area contributed by atoms with Gasteiger partial charge in [0.25, 0.3) is 0 Å². The standard InChI is InChI=1S/C7H17NO4S/c1-7(6-12-2)5-8-13(10,11)4-3-9/h7-9H,3-6H2,1-2H3. The van der Waals surface area contributed by atoms with Crippen LogP contribution in [0.2, 0.25) is 0 Å². The molecular weight excluding hydrogens is 194 g/mol. The van der Waals surface area contributed by atoms with Crippen LogP contribution in [0.1, 0.15) is 6.92 Å². The largest absolute Gasteiger partial charge is 0.395 e. The molecule has 0 aromatic carbocycles. The summed E-state index contributed by atoms with van der Waals surface area (Å²) in [5.41, 5.74) is 0. The third-order valence-corrected chi connectivity index (χ3v) is 2.79. The van der Waals surface area contributed by atoms with Crippen molar-refractivity contribution in [1.82, 2.24) is 4.72 Å². The van der Waals surface area contributed by atoms with E-state index in [-0.39, 0.29) is 18.3 Å². The maximum atomic E-state index is 11.0. The minimum Gasteiger partial charge on any atom is -0.395 e. The number of hydrogen-bond donors (Lipinski definition) is 2. The second-order valence-corrected chi connectivity index (χ2v) is 4.88. The Balaban J connectivity index is 3.74. The fourth-order valence-electron chi connectivity index (χ4n) is 0.805. The van der Waals surface area contributed by atoms with E-state index in [9.17, 15) is 8.42 Å². The summed E-state index contributed by atoms with van der Waals surface area (Å²) in [6.07, 6.45) is 0. The highest BCUT2D eigenvalue weighted by Crippen LogP contribution is 1.94. The van der Waals surface area contributed by atoms with Crippen LogP contribution in [0.4, 0.5) is 0 Å². The summed E-state index contributed by atoms with van der Waals surface area (Å²) in [4.78, 5) is 0. The first-order valence-corrected chi connectivity index (χ1v) is 5.74. The average Bonchev–Trinajstić information content (AvgIpc) is 2.02. The molecule has 0 saturated carbocycles. The monoisotopic (exact) mass is 211 g/mol. The number of methoxy groups -OCH3 is 1. The number of sulfonamides is 1. The summed E-state index contributed by atoms with van der Waals surface area (Å²) in [5.74, 6) is -0.106. The van der Waals surface area contributed by atoms with E-state index >= 15 is 0 Å². The predicted molar refractivity (Wildman–Crippen MR) is 49.9 cm³/mol. The topological polar surface area (TPSA) is 75.6 Å². The molecule has 0 spiro atoms. The first-order valence-electron chi connectivity index (χ1n) is 4.09. The van der Waals surface area contributed by atoms with Crippen LogP contribution in [0, 0.1) is 5.92 Å². The summed E-state index contributed by atoms with van der Waals surface area (Å²) in [6, 6.07) is 0. The van der Waals surface area contributed by atoms with E-state index in [1.54, 1.807) is 7.11 Å². The molecule has 0 bridgehead atoms. The van der Waals surface area contributed by atoms with Gasteiger partial charge in [0, 0.05) is 20.3 Å². The van der Waals surface area contributed by atoms with Gasteiger partial charge in [-0.2, -0.15) is 0 Å². The molecule has 1 unspecified atom stereocenters. The van der Waals surface area contributed by atoms with Crippen molar-refractivity contribution < 1.29 is 18.3 Å². The Bertz CT molecular complexity index is 215. The smallest absolute Gasteiger partial charge is 0.213 e. The van der Waals surface area contributed by atoms with Gasteiger partial charge in [-0.05, 0) is 5.92 Å². The Morgan fingerprint density at radius 3 is 2.62 bits per heavy atom. The minimum atomic E-state index is -3.30. The van der Waals surface area contributed by atoms with Crippen molar-refractivity contribution in [1.29, 1.82) is 0 Å². The van der Waals surface area contributed by atoms with Gasteiger partial charge in [-0.15, -0.1) is 0 Å². The SMILES string of the molecule is COCC(C)CNS(=O)(=O)CCO. The molecular formula is C7H17NO4S. The van der Waals surface area contributed by atoms with Gasteiger partial charge in [0.15, 0.2) is 0 Å². The molecule has 0 heterocycles. The highest BCUT2D eigenvalue weighted by molar-refractivity contribution is 7.89. The van der Waals surface area contributed by atoms with Crippen LogP contribution in [0.5, 0.6) is 0 Å². The van der Waals surface area contributed by atoms with Gasteiger partial charge in [-0.3, -0.25) is 0 Å². The molecule has 13 heavy (non-hydrogen) atoms. The third-order valence-electron chi connectivity index (χ3n) is 1.46. The molecule has 2 N–H and O–H groups in total. The minimum absolute atomic E-state index is 0.137. The fraction of sp³-hybridized carbons (Fsp3) is 1.00. The van der Waals surface area contributed by atoms with Crippen LogP contribution in [-0.4, -0.2) is 46.1 Å². The normalized spacial score (nSPS) is 14.4. The Labute approximate surface area is 79.1 Å². The van der Waals surface area contributed by atoms with Crippen molar-refractivity contribution in [3.05, 3.63) is 0 Å². The quantitative estimate of drug-likeness (QED) is 0.577. The van der Waals surface area contributed by atoms with E-state index in [1.165, 1.54) is 0 Å². The highest BCUT2D eigenvalue weighted by atomic mass is 32.2. The molecule has 0 aromatic heterocycles. The van der Waals surface area contributed by atoms with Gasteiger partial charge < -0.3 is 9.84 Å². The van der Waals surface area contributed by atoms with Crippen molar-refractivity contribution >= 4 is 10.0 Å². The lowest BCUT2D eigenvalue weighted by molar-refractivity contribution is 0.161. The molecule has 0 saturated heterocycles. The first kappa shape index (κ1) is 12.8. The number of aliphatic hydroxyl groups excluding tert-OH is 1. The van der Waals surface area contributed by atoms with Gasteiger partial charge in [-0.1, -0.05) is 6.92 Å². The number of rotatable bonds is 7. The number of nitrogens with one attached hydrogen (secondary N) is 1. The molecule has 0 radical (unpaired) electrons. The maximum absolute atomic E-state index is 11.0. The Kier molecular flexibility index (Phi) is 6.23. The van der Waals surface area contributed by atoms with Crippen molar-refractivity contribution in [3.8, 4) is 0 Å². The van der Waals surface area contributed by atoms with E-state index < -0.39 is 10.0 Å². The van der Waals surface area contributed by atoms with E-state index in [0.29, 0.717) is 13.2 Å². The van der Waals surface area contributed by atoms with E-state index in [4.69, 9.17) is 9.84 Å². The summed E-state index contributed by atoms with van der Waals surface area (Å²) in [5, 5.41) is 8.43. The van der Waals surface area contributed by atoms with Crippen LogP contribution in [0.25, 0.3) is 0 Å². The molecule has 1 atom stereocenters. The van der Waals surface area contributed by atoms with Gasteiger partial charge in [0.1, 0.15) is 0 Å². The van der Waals surface area contributed by atoms with Gasteiger partial charge in [0.05, 0.1) is 12.4 Å². The summed E-state index contributed by atoms with van der Waals surface area (Å²) < 4.78 is 29.3.